The number of carboxylic acids is 1. The van der Waals surface area contributed by atoms with E-state index >= 15 is 0 Å². The van der Waals surface area contributed by atoms with Gasteiger partial charge in [-0.05, 0) is 18.1 Å². The highest BCUT2D eigenvalue weighted by molar-refractivity contribution is 6.30. The first-order valence-electron chi connectivity index (χ1n) is 5.29. The summed E-state index contributed by atoms with van der Waals surface area (Å²) in [6, 6.07) is 4.30. The van der Waals surface area contributed by atoms with Crippen LogP contribution >= 0.6 is 11.6 Å². The highest BCUT2D eigenvalue weighted by atomic mass is 35.5. The quantitative estimate of drug-likeness (QED) is 0.613. The maximum atomic E-state index is 10.8. The summed E-state index contributed by atoms with van der Waals surface area (Å²) in [4.78, 5) is 20.8. The van der Waals surface area contributed by atoms with Crippen molar-refractivity contribution in [3.8, 4) is 0 Å². The zero-order chi connectivity index (χ0) is 13.7. The van der Waals surface area contributed by atoms with E-state index in [9.17, 15) is 14.9 Å². The lowest BCUT2D eigenvalue weighted by molar-refractivity contribution is -0.383. The SMILES string of the molecule is CC(CNc1ccc(Cl)cc1[N+](=O)[O-])CC(=O)O. The zero-order valence-corrected chi connectivity index (χ0v) is 10.5. The van der Waals surface area contributed by atoms with Gasteiger partial charge in [-0.15, -0.1) is 0 Å². The van der Waals surface area contributed by atoms with E-state index in [4.69, 9.17) is 16.7 Å². The van der Waals surface area contributed by atoms with Crippen molar-refractivity contribution in [3.63, 3.8) is 0 Å². The van der Waals surface area contributed by atoms with E-state index in [-0.39, 0.29) is 23.0 Å². The van der Waals surface area contributed by atoms with Gasteiger partial charge in [0.05, 0.1) is 4.92 Å². The van der Waals surface area contributed by atoms with Gasteiger partial charge in [0.1, 0.15) is 5.69 Å². The summed E-state index contributed by atoms with van der Waals surface area (Å²) in [6.07, 6.45) is 0.00832. The standard InChI is InChI=1S/C11H13ClN2O4/c1-7(4-11(15)16)6-13-9-3-2-8(12)5-10(9)14(17)18/h2-3,5,7,13H,4,6H2,1H3,(H,15,16). The third kappa shape index (κ3) is 4.21. The number of nitro benzene ring substituents is 1. The molecule has 0 heterocycles. The first-order chi connectivity index (χ1) is 8.40. The van der Waals surface area contributed by atoms with Crippen molar-refractivity contribution in [1.29, 1.82) is 0 Å². The average Bonchev–Trinajstić information content (AvgIpc) is 2.26. The van der Waals surface area contributed by atoms with E-state index in [1.165, 1.54) is 12.1 Å². The van der Waals surface area contributed by atoms with Crippen LogP contribution in [0.2, 0.25) is 5.02 Å². The van der Waals surface area contributed by atoms with E-state index in [1.54, 1.807) is 13.0 Å². The third-order valence-corrected chi connectivity index (χ3v) is 2.56. The van der Waals surface area contributed by atoms with Gasteiger partial charge in [0.15, 0.2) is 0 Å². The minimum absolute atomic E-state index is 0.00832. The predicted octanol–water partition coefficient (Wildman–Crippen LogP) is 2.77. The molecule has 0 fully saturated rings. The smallest absolute Gasteiger partial charge is 0.303 e. The number of nitrogens with one attached hydrogen (secondary N) is 1. The Morgan fingerprint density at radius 1 is 1.61 bits per heavy atom. The molecule has 0 radical (unpaired) electrons. The Morgan fingerprint density at radius 2 is 2.28 bits per heavy atom. The summed E-state index contributed by atoms with van der Waals surface area (Å²) in [5.74, 6) is -1.02. The second kappa shape index (κ2) is 6.20. The molecule has 1 rings (SSSR count). The molecule has 18 heavy (non-hydrogen) atoms. The van der Waals surface area contributed by atoms with Crippen molar-refractivity contribution < 1.29 is 14.8 Å². The summed E-state index contributed by atoms with van der Waals surface area (Å²) < 4.78 is 0. The molecule has 0 aliphatic carbocycles. The molecule has 6 nitrogen and oxygen atoms in total. The summed E-state index contributed by atoms with van der Waals surface area (Å²) >= 11 is 5.68. The molecule has 1 aromatic carbocycles. The van der Waals surface area contributed by atoms with Crippen LogP contribution in [0.1, 0.15) is 13.3 Å². The fourth-order valence-corrected chi connectivity index (χ4v) is 1.63. The topological polar surface area (TPSA) is 92.5 Å². The average molecular weight is 273 g/mol. The van der Waals surface area contributed by atoms with Crippen molar-refractivity contribution in [2.24, 2.45) is 5.92 Å². The van der Waals surface area contributed by atoms with Crippen LogP contribution in [-0.4, -0.2) is 22.5 Å². The molecule has 2 N–H and O–H groups in total. The van der Waals surface area contributed by atoms with E-state index in [0.29, 0.717) is 12.2 Å². The van der Waals surface area contributed by atoms with Gasteiger partial charge >= 0.3 is 5.97 Å². The van der Waals surface area contributed by atoms with Gasteiger partial charge in [-0.1, -0.05) is 18.5 Å². The maximum Gasteiger partial charge on any atom is 0.303 e. The molecule has 7 heteroatoms. The van der Waals surface area contributed by atoms with Crippen LogP contribution in [0.15, 0.2) is 18.2 Å². The van der Waals surface area contributed by atoms with Crippen molar-refractivity contribution >= 4 is 28.9 Å². The van der Waals surface area contributed by atoms with Gasteiger partial charge in [0.2, 0.25) is 0 Å². The molecule has 1 aromatic rings. The van der Waals surface area contributed by atoms with E-state index < -0.39 is 10.9 Å². The summed E-state index contributed by atoms with van der Waals surface area (Å²) in [7, 11) is 0. The Kier molecular flexibility index (Phi) is 4.91. The molecule has 0 saturated carbocycles. The Labute approximate surface area is 109 Å². The van der Waals surface area contributed by atoms with Crippen LogP contribution in [0.3, 0.4) is 0 Å². The van der Waals surface area contributed by atoms with E-state index in [0.717, 1.165) is 0 Å². The number of carbonyl (C=O) groups is 1. The Balaban J connectivity index is 2.72. The van der Waals surface area contributed by atoms with Crippen molar-refractivity contribution in [2.75, 3.05) is 11.9 Å². The van der Waals surface area contributed by atoms with Crippen LogP contribution in [0.25, 0.3) is 0 Å². The van der Waals surface area contributed by atoms with Gasteiger partial charge < -0.3 is 10.4 Å². The van der Waals surface area contributed by atoms with Crippen molar-refractivity contribution in [3.05, 3.63) is 33.3 Å². The fraction of sp³-hybridized carbons (Fsp3) is 0.364. The monoisotopic (exact) mass is 272 g/mol. The lowest BCUT2D eigenvalue weighted by atomic mass is 10.1. The molecule has 0 aliphatic rings. The van der Waals surface area contributed by atoms with Crippen molar-refractivity contribution in [1.82, 2.24) is 0 Å². The van der Waals surface area contributed by atoms with Crippen LogP contribution in [0.5, 0.6) is 0 Å². The first kappa shape index (κ1) is 14.2. The van der Waals surface area contributed by atoms with Gasteiger partial charge in [-0.3, -0.25) is 14.9 Å². The normalized spacial score (nSPS) is 11.9. The lowest BCUT2D eigenvalue weighted by Gasteiger charge is -2.11. The minimum Gasteiger partial charge on any atom is -0.481 e. The number of rotatable bonds is 6. The van der Waals surface area contributed by atoms with Crippen LogP contribution in [0, 0.1) is 16.0 Å². The maximum absolute atomic E-state index is 10.8. The summed E-state index contributed by atoms with van der Waals surface area (Å²) in [5.41, 5.74) is 0.215. The van der Waals surface area contributed by atoms with Crippen LogP contribution < -0.4 is 5.32 Å². The van der Waals surface area contributed by atoms with Crippen LogP contribution in [-0.2, 0) is 4.79 Å². The molecule has 0 aromatic heterocycles. The molecule has 98 valence electrons. The Morgan fingerprint density at radius 3 is 2.83 bits per heavy atom. The van der Waals surface area contributed by atoms with Gasteiger partial charge in [0, 0.05) is 24.1 Å². The first-order valence-corrected chi connectivity index (χ1v) is 5.67. The number of carboxylic acid groups (broad SMARTS) is 1. The molecule has 0 spiro atoms. The number of hydrogen-bond donors (Lipinski definition) is 2. The highest BCUT2D eigenvalue weighted by Gasteiger charge is 2.15. The van der Waals surface area contributed by atoms with Crippen molar-refractivity contribution in [2.45, 2.75) is 13.3 Å². The predicted molar refractivity (Wildman–Crippen MR) is 68.0 cm³/mol. The molecule has 0 saturated heterocycles. The summed E-state index contributed by atoms with van der Waals surface area (Å²) in [5, 5.41) is 22.6. The zero-order valence-electron chi connectivity index (χ0n) is 9.72. The number of nitro groups is 1. The number of aliphatic carboxylic acids is 1. The van der Waals surface area contributed by atoms with E-state index in [1.807, 2.05) is 0 Å². The number of anilines is 1. The number of nitrogens with zero attached hydrogens (tertiary/aromatic N) is 1. The van der Waals surface area contributed by atoms with Gasteiger partial charge in [-0.25, -0.2) is 0 Å². The number of halogens is 1. The molecule has 1 atom stereocenters. The highest BCUT2D eigenvalue weighted by Crippen LogP contribution is 2.27. The van der Waals surface area contributed by atoms with Gasteiger partial charge in [-0.2, -0.15) is 0 Å². The largest absolute Gasteiger partial charge is 0.481 e. The number of benzene rings is 1. The second-order valence-corrected chi connectivity index (χ2v) is 4.44. The van der Waals surface area contributed by atoms with Crippen LogP contribution in [0.4, 0.5) is 11.4 Å². The Bertz CT molecular complexity index is 464. The molecule has 0 bridgehead atoms. The fourth-order valence-electron chi connectivity index (χ4n) is 1.46. The number of hydrogen-bond acceptors (Lipinski definition) is 4. The summed E-state index contributed by atoms with van der Waals surface area (Å²) in [6.45, 7) is 2.09. The molecule has 0 amide bonds. The third-order valence-electron chi connectivity index (χ3n) is 2.32. The molecular weight excluding hydrogens is 260 g/mol. The minimum atomic E-state index is -0.894. The molecule has 0 aliphatic heterocycles. The van der Waals surface area contributed by atoms with E-state index in [2.05, 4.69) is 5.32 Å². The Hall–Kier alpha value is -1.82. The molecule has 1 unspecified atom stereocenters. The second-order valence-electron chi connectivity index (χ2n) is 4.00. The lowest BCUT2D eigenvalue weighted by Crippen LogP contribution is -2.15. The molecular formula is C11H13ClN2O4. The van der Waals surface area contributed by atoms with Gasteiger partial charge in [0.25, 0.3) is 5.69 Å².